The number of rotatable bonds is 1. The van der Waals surface area contributed by atoms with Crippen molar-refractivity contribution in [2.45, 2.75) is 30.9 Å². The van der Waals surface area contributed by atoms with Crippen molar-refractivity contribution in [3.63, 3.8) is 0 Å². The lowest BCUT2D eigenvalue weighted by Crippen LogP contribution is -2.52. The number of hydrogen-bond acceptors (Lipinski definition) is 3. The zero-order valence-electron chi connectivity index (χ0n) is 11.9. The van der Waals surface area contributed by atoms with Crippen LogP contribution < -0.4 is 0 Å². The zero-order valence-corrected chi connectivity index (χ0v) is 11.9. The van der Waals surface area contributed by atoms with Gasteiger partial charge in [0.25, 0.3) is 0 Å². The molecule has 0 unspecified atom stereocenters. The topological polar surface area (TPSA) is 32.7 Å². The molecule has 3 aliphatic rings. The maximum Gasteiger partial charge on any atom is 0.115 e. The highest BCUT2D eigenvalue weighted by Gasteiger charge is 2.53. The predicted molar refractivity (Wildman–Crippen MR) is 77.7 cm³/mol. The van der Waals surface area contributed by atoms with Crippen molar-refractivity contribution in [2.24, 2.45) is 5.92 Å². The molecule has 0 radical (unpaired) electrons. The van der Waals surface area contributed by atoms with Gasteiger partial charge >= 0.3 is 0 Å². The summed E-state index contributed by atoms with van der Waals surface area (Å²) in [6.45, 7) is 2.28. The van der Waals surface area contributed by atoms with Crippen LogP contribution in [-0.2, 0) is 16.7 Å². The Labute approximate surface area is 119 Å². The Morgan fingerprint density at radius 3 is 3.05 bits per heavy atom. The molecule has 1 N–H and O–H groups in total. The van der Waals surface area contributed by atoms with E-state index in [1.54, 1.807) is 7.11 Å². The Kier molecular flexibility index (Phi) is 2.69. The maximum atomic E-state index is 9.95. The van der Waals surface area contributed by atoms with Gasteiger partial charge in [-0.3, -0.25) is 4.90 Å². The Balaban J connectivity index is 1.90. The van der Waals surface area contributed by atoms with Crippen LogP contribution >= 0.6 is 0 Å². The molecule has 1 aliphatic carbocycles. The summed E-state index contributed by atoms with van der Waals surface area (Å²) >= 11 is 0. The summed E-state index contributed by atoms with van der Waals surface area (Å²) in [5.74, 6) is 0.934. The third-order valence-electron chi connectivity index (χ3n) is 5.47. The Morgan fingerprint density at radius 1 is 1.30 bits per heavy atom. The minimum Gasteiger partial charge on any atom is -0.508 e. The van der Waals surface area contributed by atoms with Crippen LogP contribution in [0.4, 0.5) is 0 Å². The van der Waals surface area contributed by atoms with E-state index in [9.17, 15) is 5.11 Å². The van der Waals surface area contributed by atoms with E-state index in [1.165, 1.54) is 17.5 Å². The van der Waals surface area contributed by atoms with Gasteiger partial charge in [-0.05, 0) is 42.6 Å². The highest BCUT2D eigenvalue weighted by Crippen LogP contribution is 2.53. The Morgan fingerprint density at radius 2 is 2.20 bits per heavy atom. The first-order valence-electron chi connectivity index (χ1n) is 7.52. The zero-order chi connectivity index (χ0) is 13.7. The summed E-state index contributed by atoms with van der Waals surface area (Å²) in [5.41, 5.74) is 2.77. The fourth-order valence-corrected chi connectivity index (χ4v) is 4.53. The number of phenols is 1. The molecule has 2 heterocycles. The second-order valence-electron chi connectivity index (χ2n) is 6.26. The van der Waals surface area contributed by atoms with Gasteiger partial charge in [0.15, 0.2) is 0 Å². The molecule has 1 aromatic carbocycles. The summed E-state index contributed by atoms with van der Waals surface area (Å²) in [5, 5.41) is 9.95. The van der Waals surface area contributed by atoms with Crippen LogP contribution in [0.15, 0.2) is 30.4 Å². The molecule has 106 valence electrons. The van der Waals surface area contributed by atoms with E-state index in [2.05, 4.69) is 23.1 Å². The van der Waals surface area contributed by atoms with Crippen LogP contribution in [0.25, 0.3) is 0 Å². The van der Waals surface area contributed by atoms with E-state index in [0.717, 1.165) is 25.9 Å². The number of hydrogen-bond donors (Lipinski definition) is 1. The minimum atomic E-state index is 0.0434. The highest BCUT2D eigenvalue weighted by molar-refractivity contribution is 5.45. The van der Waals surface area contributed by atoms with Gasteiger partial charge in [0, 0.05) is 26.0 Å². The number of phenolic OH excluding ortho intramolecular Hbond substituents is 1. The fraction of sp³-hybridized carbons (Fsp3) is 0.529. The molecule has 0 aromatic heterocycles. The molecule has 3 nitrogen and oxygen atoms in total. The van der Waals surface area contributed by atoms with Crippen LogP contribution in [0.1, 0.15) is 24.0 Å². The average molecular weight is 271 g/mol. The third kappa shape index (κ3) is 1.54. The molecule has 0 bridgehead atoms. The number of nitrogens with zero attached hydrogens (tertiary/aromatic N) is 1. The van der Waals surface area contributed by atoms with Crippen LogP contribution in [0, 0.1) is 5.92 Å². The summed E-state index contributed by atoms with van der Waals surface area (Å²) in [6, 6.07) is 5.92. The molecule has 0 amide bonds. The fourth-order valence-electron chi connectivity index (χ4n) is 4.53. The summed E-state index contributed by atoms with van der Waals surface area (Å²) < 4.78 is 5.61. The first kappa shape index (κ1) is 12.4. The van der Waals surface area contributed by atoms with E-state index in [1.807, 2.05) is 12.1 Å². The van der Waals surface area contributed by atoms with E-state index in [-0.39, 0.29) is 11.6 Å². The van der Waals surface area contributed by atoms with Crippen LogP contribution in [0.3, 0.4) is 0 Å². The van der Waals surface area contributed by atoms with Crippen molar-refractivity contribution in [3.05, 3.63) is 41.5 Å². The van der Waals surface area contributed by atoms with Gasteiger partial charge in [0.2, 0.25) is 0 Å². The highest BCUT2D eigenvalue weighted by atomic mass is 16.5. The Bertz CT molecular complexity index is 568. The van der Waals surface area contributed by atoms with Crippen molar-refractivity contribution in [1.82, 2.24) is 4.90 Å². The van der Waals surface area contributed by atoms with Crippen LogP contribution in [0.2, 0.25) is 0 Å². The minimum absolute atomic E-state index is 0.0434. The second kappa shape index (κ2) is 4.34. The lowest BCUT2D eigenvalue weighted by Gasteiger charge is -2.49. The number of methoxy groups -OCH3 is 1. The number of fused-ring (bicyclic) bond motifs is 1. The SMILES string of the molecule is CO[C@H]1C=C[C@@H]2CCN3CCc4ccc(O)cc4[C@]23C1. The molecular formula is C17H21NO2. The predicted octanol–water partition coefficient (Wildman–Crippen LogP) is 2.44. The van der Waals surface area contributed by atoms with Gasteiger partial charge in [-0.2, -0.15) is 0 Å². The number of benzene rings is 1. The van der Waals surface area contributed by atoms with Gasteiger partial charge < -0.3 is 9.84 Å². The van der Waals surface area contributed by atoms with Crippen molar-refractivity contribution >= 4 is 0 Å². The molecule has 1 fully saturated rings. The van der Waals surface area contributed by atoms with Crippen LogP contribution in [-0.4, -0.2) is 36.3 Å². The molecule has 20 heavy (non-hydrogen) atoms. The molecule has 1 spiro atoms. The first-order chi connectivity index (χ1) is 9.74. The van der Waals surface area contributed by atoms with Gasteiger partial charge in [-0.15, -0.1) is 0 Å². The average Bonchev–Trinajstić information content (AvgIpc) is 2.86. The van der Waals surface area contributed by atoms with Crippen LogP contribution in [0.5, 0.6) is 5.75 Å². The quantitative estimate of drug-likeness (QED) is 0.796. The molecular weight excluding hydrogens is 250 g/mol. The molecule has 4 rings (SSSR count). The van der Waals surface area contributed by atoms with Gasteiger partial charge in [0.05, 0.1) is 11.6 Å². The van der Waals surface area contributed by atoms with Gasteiger partial charge in [-0.1, -0.05) is 18.2 Å². The summed E-state index contributed by atoms with van der Waals surface area (Å²) in [6.07, 6.45) is 8.04. The number of ether oxygens (including phenoxy) is 1. The van der Waals surface area contributed by atoms with Gasteiger partial charge in [0.1, 0.15) is 5.75 Å². The largest absolute Gasteiger partial charge is 0.508 e. The number of aromatic hydroxyl groups is 1. The van der Waals surface area contributed by atoms with Crippen molar-refractivity contribution in [2.75, 3.05) is 20.2 Å². The second-order valence-corrected chi connectivity index (χ2v) is 6.26. The van der Waals surface area contributed by atoms with E-state index >= 15 is 0 Å². The standard InChI is InChI=1S/C17H21NO2/c1-20-15-5-3-13-7-9-18-8-6-12-2-4-14(19)10-16(12)17(13,18)11-15/h2-5,10,13,15,19H,6-9,11H2,1H3/t13-,15+,17+/m1/s1. The van der Waals surface area contributed by atoms with E-state index in [4.69, 9.17) is 4.74 Å². The first-order valence-corrected chi connectivity index (χ1v) is 7.52. The normalized spacial score (nSPS) is 35.5. The maximum absolute atomic E-state index is 9.95. The molecule has 3 atom stereocenters. The van der Waals surface area contributed by atoms with Crippen molar-refractivity contribution in [3.8, 4) is 5.75 Å². The van der Waals surface area contributed by atoms with Crippen molar-refractivity contribution in [1.29, 1.82) is 0 Å². The monoisotopic (exact) mass is 271 g/mol. The molecule has 1 saturated heterocycles. The van der Waals surface area contributed by atoms with Gasteiger partial charge in [-0.25, -0.2) is 0 Å². The lowest BCUT2D eigenvalue weighted by atomic mass is 9.68. The molecule has 2 aliphatic heterocycles. The summed E-state index contributed by atoms with van der Waals surface area (Å²) in [4.78, 5) is 2.62. The smallest absolute Gasteiger partial charge is 0.115 e. The molecule has 1 aromatic rings. The molecule has 0 saturated carbocycles. The summed E-state index contributed by atoms with van der Waals surface area (Å²) in [7, 11) is 1.79. The lowest BCUT2D eigenvalue weighted by molar-refractivity contribution is 0.0204. The van der Waals surface area contributed by atoms with Crippen molar-refractivity contribution < 1.29 is 9.84 Å². The Hall–Kier alpha value is -1.32. The van der Waals surface area contributed by atoms with E-state index < -0.39 is 0 Å². The van der Waals surface area contributed by atoms with E-state index in [0.29, 0.717) is 11.7 Å². The molecule has 3 heteroatoms. The third-order valence-corrected chi connectivity index (χ3v) is 5.47.